The van der Waals surface area contributed by atoms with Crippen LogP contribution in [0, 0.1) is 5.82 Å². The van der Waals surface area contributed by atoms with Crippen LogP contribution in [0.15, 0.2) is 130 Å². The number of unbranched alkanes of at least 4 members (excludes halogenated alkanes) is 2. The van der Waals surface area contributed by atoms with Crippen LogP contribution in [-0.4, -0.2) is 184 Å². The maximum atomic E-state index is 15.0. The van der Waals surface area contributed by atoms with Gasteiger partial charge in [-0.1, -0.05) is 55.3 Å². The van der Waals surface area contributed by atoms with Gasteiger partial charge in [-0.05, 0) is 106 Å². The molecule has 0 aliphatic carbocycles. The maximum Gasteiger partial charge on any atom is 0.294 e. The van der Waals surface area contributed by atoms with Crippen LogP contribution >= 0.6 is 0 Å². The number of nitrogens with one attached hydrogen (secondary N) is 2. The zero-order valence-corrected chi connectivity index (χ0v) is 54.3. The molecule has 30 heteroatoms. The minimum absolute atomic E-state index is 0.0114. The molecule has 496 valence electrons. The smallest absolute Gasteiger partial charge is 0.294 e. The average molecular weight is 1350 g/mol. The number of aromatic amines is 1. The van der Waals surface area contributed by atoms with E-state index >= 15 is 4.39 Å². The molecule has 1 atom stereocenters. The number of hydrogen-bond donors (Lipinski definition) is 6. The quantitative estimate of drug-likeness (QED) is 0.0134. The number of carbonyl (C=O) groups excluding carboxylic acids is 3. The standard InChI is InChI=1S/C62H74FN7O18S4/c1-61(2)49-40-44(91(81,82)83)20-23-53(49)69(27-12-36-89(75,76)77)55(61)16-6-4-7-17-56-62(3,50-41-45(92(84,85)86)21-24-54(50)70(56)28-13-37-90(78,79)80)25-11-5-8-18-57(71)64-26-33-87-34-35-88-42-58(72)67-29-31-68(32-30-67)60(74)48-38-43(19-22-51(48)63)39-52-46-14-9-10-15-47(46)59(73)66-65-52/h4,6-7,9-10,14-17,19-24,38,40-41H,5,8,11-13,18,25-37,39,42H2,1-3H3,(H5-,64,66,71,73,75,76,77,78,79,80,81,82,83,84,85,86)/p+1. The van der Waals surface area contributed by atoms with Gasteiger partial charge in [0.05, 0.1) is 63.2 Å². The molecule has 3 amide bonds. The monoisotopic (exact) mass is 1350 g/mol. The fourth-order valence-electron chi connectivity index (χ4n) is 11.9. The summed E-state index contributed by atoms with van der Waals surface area (Å²) >= 11 is 0. The van der Waals surface area contributed by atoms with E-state index in [1.807, 2.05) is 25.7 Å². The summed E-state index contributed by atoms with van der Waals surface area (Å²) in [6.45, 7) is 6.88. The summed E-state index contributed by atoms with van der Waals surface area (Å²) in [5, 5.41) is 10.6. The van der Waals surface area contributed by atoms with Gasteiger partial charge in [0.2, 0.25) is 17.5 Å². The van der Waals surface area contributed by atoms with Gasteiger partial charge in [0.1, 0.15) is 19.0 Å². The van der Waals surface area contributed by atoms with Crippen LogP contribution in [0.2, 0.25) is 0 Å². The molecule has 25 nitrogen and oxygen atoms in total. The molecule has 6 N–H and O–H groups in total. The second kappa shape index (κ2) is 29.7. The van der Waals surface area contributed by atoms with Crippen molar-refractivity contribution in [3.8, 4) is 0 Å². The summed E-state index contributed by atoms with van der Waals surface area (Å²) in [5.41, 5.74) is 2.32. The third kappa shape index (κ3) is 17.8. The van der Waals surface area contributed by atoms with Gasteiger partial charge < -0.3 is 29.5 Å². The molecule has 0 bridgehead atoms. The van der Waals surface area contributed by atoms with Crippen LogP contribution < -0.4 is 15.8 Å². The number of benzene rings is 4. The van der Waals surface area contributed by atoms with Gasteiger partial charge >= 0.3 is 0 Å². The molecule has 3 aliphatic rings. The van der Waals surface area contributed by atoms with E-state index in [-0.39, 0.29) is 131 Å². The van der Waals surface area contributed by atoms with Gasteiger partial charge in [0, 0.05) is 98.4 Å². The Hall–Kier alpha value is -7.39. The Morgan fingerprint density at radius 3 is 2.08 bits per heavy atom. The van der Waals surface area contributed by atoms with Gasteiger partial charge in [0.15, 0.2) is 5.71 Å². The van der Waals surface area contributed by atoms with Crippen molar-refractivity contribution in [3.63, 3.8) is 0 Å². The first kappa shape index (κ1) is 70.5. The molecule has 1 saturated heterocycles. The van der Waals surface area contributed by atoms with Crippen LogP contribution in [-0.2, 0) is 76.8 Å². The van der Waals surface area contributed by atoms with E-state index < -0.39 is 74.5 Å². The van der Waals surface area contributed by atoms with Crippen molar-refractivity contribution < 1.29 is 84.7 Å². The average Bonchev–Trinajstić information content (AvgIpc) is 1.59. The number of carbonyl (C=O) groups is 3. The van der Waals surface area contributed by atoms with Crippen molar-refractivity contribution in [3.05, 3.63) is 159 Å². The lowest BCUT2D eigenvalue weighted by Gasteiger charge is -2.34. The Kier molecular flexibility index (Phi) is 22.8. The minimum Gasteiger partial charge on any atom is -0.377 e. The van der Waals surface area contributed by atoms with Gasteiger partial charge in [-0.2, -0.15) is 43.3 Å². The van der Waals surface area contributed by atoms with Gasteiger partial charge in [-0.15, -0.1) is 0 Å². The van der Waals surface area contributed by atoms with Crippen molar-refractivity contribution in [2.45, 2.75) is 92.8 Å². The lowest BCUT2D eigenvalue weighted by molar-refractivity contribution is -0.437. The molecule has 1 aromatic heterocycles. The predicted octanol–water partition coefficient (Wildman–Crippen LogP) is 5.94. The van der Waals surface area contributed by atoms with E-state index in [2.05, 4.69) is 15.5 Å². The third-order valence-corrected chi connectivity index (χ3v) is 19.8. The number of amides is 3. The Morgan fingerprint density at radius 1 is 0.728 bits per heavy atom. The lowest BCUT2D eigenvalue weighted by atomic mass is 9.77. The van der Waals surface area contributed by atoms with Crippen LogP contribution in [0.1, 0.15) is 98.5 Å². The highest BCUT2D eigenvalue weighted by molar-refractivity contribution is 7.86. The highest BCUT2D eigenvalue weighted by Crippen LogP contribution is 2.51. The molecule has 1 fully saturated rings. The zero-order chi connectivity index (χ0) is 66.8. The maximum absolute atomic E-state index is 15.0. The van der Waals surface area contributed by atoms with Crippen molar-refractivity contribution >= 4 is 86.1 Å². The molecule has 8 rings (SSSR count). The summed E-state index contributed by atoms with van der Waals surface area (Å²) < 4.78 is 163. The first-order chi connectivity index (χ1) is 43.4. The van der Waals surface area contributed by atoms with Crippen LogP contribution in [0.5, 0.6) is 0 Å². The topological polar surface area (TPSA) is 358 Å². The molecular weight excluding hydrogens is 1280 g/mol. The normalized spacial score (nSPS) is 17.4. The van der Waals surface area contributed by atoms with E-state index in [1.165, 1.54) is 53.4 Å². The van der Waals surface area contributed by atoms with Crippen molar-refractivity contribution in [1.82, 2.24) is 25.3 Å². The highest BCUT2D eigenvalue weighted by atomic mass is 32.2. The van der Waals surface area contributed by atoms with E-state index in [1.54, 1.807) is 70.2 Å². The third-order valence-electron chi connectivity index (χ3n) is 16.5. The van der Waals surface area contributed by atoms with Crippen LogP contribution in [0.4, 0.5) is 15.8 Å². The Labute approximate surface area is 533 Å². The number of hydrogen-bond acceptors (Lipinski definition) is 16. The molecule has 0 spiro atoms. The lowest BCUT2D eigenvalue weighted by Crippen LogP contribution is -2.51. The predicted molar refractivity (Wildman–Crippen MR) is 340 cm³/mol. The number of aromatic nitrogens is 2. The second-order valence-corrected chi connectivity index (χ2v) is 29.3. The van der Waals surface area contributed by atoms with Crippen molar-refractivity contribution in [1.29, 1.82) is 0 Å². The summed E-state index contributed by atoms with van der Waals surface area (Å²) in [5.74, 6) is -2.82. The number of halogens is 1. The Morgan fingerprint density at radius 2 is 1.38 bits per heavy atom. The van der Waals surface area contributed by atoms with Gasteiger partial charge in [-0.3, -0.25) is 37.4 Å². The first-order valence-corrected chi connectivity index (χ1v) is 35.8. The largest absolute Gasteiger partial charge is 0.377 e. The number of anilines is 1. The zero-order valence-electron chi connectivity index (χ0n) is 51.0. The van der Waals surface area contributed by atoms with E-state index in [0.717, 1.165) is 0 Å². The highest BCUT2D eigenvalue weighted by Gasteiger charge is 2.46. The van der Waals surface area contributed by atoms with E-state index in [4.69, 9.17) is 9.47 Å². The molecule has 4 heterocycles. The first-order valence-electron chi connectivity index (χ1n) is 29.7. The van der Waals surface area contributed by atoms with E-state index in [0.29, 0.717) is 81.6 Å². The molecule has 4 aromatic carbocycles. The number of nitrogens with zero attached hydrogens (tertiary/aromatic N) is 5. The number of H-pyrrole nitrogens is 1. The van der Waals surface area contributed by atoms with Crippen molar-refractivity contribution in [2.75, 3.05) is 88.6 Å². The molecule has 1 unspecified atom stereocenters. The SMILES string of the molecule is CC1(C)C(/C=C/C=C/C=C2/N(CCCS(=O)(=O)O)c3ccc(S(=O)(=O)O)cc3C2(C)CCCCCC(=O)NCCOCCOCC(=O)N2CCN(C(=O)c3cc(Cc4n[nH]c(=O)c5ccccc45)ccc3F)CC2)=[N+](CCCS(=O)(=O)O)c2ccc(S(=O)(=O)O)cc21. The number of piperazine rings is 1. The molecule has 92 heavy (non-hydrogen) atoms. The molecule has 0 radical (unpaired) electrons. The summed E-state index contributed by atoms with van der Waals surface area (Å²) in [4.78, 5) is 55.8. The van der Waals surface area contributed by atoms with Crippen LogP contribution in [0.3, 0.4) is 0 Å². The van der Waals surface area contributed by atoms with Crippen molar-refractivity contribution in [2.24, 2.45) is 0 Å². The Bertz CT molecular complexity index is 4280. The number of ether oxygens (including phenoxy) is 2. The summed E-state index contributed by atoms with van der Waals surface area (Å²) in [6.07, 6.45) is 11.0. The van der Waals surface area contributed by atoms with Gasteiger partial charge in [0.25, 0.3) is 51.9 Å². The second-order valence-electron chi connectivity index (χ2n) is 23.3. The molecule has 5 aromatic rings. The van der Waals surface area contributed by atoms with Gasteiger partial charge in [-0.25, -0.2) is 9.49 Å². The number of fused-ring (bicyclic) bond motifs is 3. The Balaban J connectivity index is 0.807. The summed E-state index contributed by atoms with van der Waals surface area (Å²) in [6, 6.07) is 19.5. The minimum atomic E-state index is -4.68. The fourth-order valence-corrected chi connectivity index (χ4v) is 13.9. The summed E-state index contributed by atoms with van der Waals surface area (Å²) in [7, 11) is -17.9. The molecular formula is C62H75FN7O18S4+. The van der Waals surface area contributed by atoms with E-state index in [9.17, 15) is 71.1 Å². The molecule has 3 aliphatic heterocycles. The number of rotatable bonds is 30. The number of allylic oxidation sites excluding steroid dienone is 6. The van der Waals surface area contributed by atoms with Crippen LogP contribution in [0.25, 0.3) is 10.8 Å². The fraction of sp³-hybridized carbons (Fsp3) is 0.419. The molecule has 0 saturated carbocycles.